The Morgan fingerprint density at radius 2 is 0.641 bits per heavy atom. The first-order valence-electron chi connectivity index (χ1n) is 8.99. The predicted molar refractivity (Wildman–Crippen MR) is 86.1 cm³/mol. The van der Waals surface area contributed by atoms with E-state index in [1.165, 1.54) is 0 Å². The molecule has 0 atom stereocenters. The second-order valence-electron chi connectivity index (χ2n) is 7.49. The number of halogens is 21. The van der Waals surface area contributed by atoms with Crippen molar-refractivity contribution in [1.82, 2.24) is 0 Å². The summed E-state index contributed by atoms with van der Waals surface area (Å²) in [5, 5.41) is 0. The Morgan fingerprint density at radius 1 is 0.385 bits per heavy atom. The summed E-state index contributed by atoms with van der Waals surface area (Å²) < 4.78 is 281. The average Bonchev–Trinajstić information content (AvgIpc) is 2.77. The van der Waals surface area contributed by atoms with Crippen LogP contribution in [-0.4, -0.2) is 53.6 Å². The molecule has 0 nitrogen and oxygen atoms in total. The Hall–Kier alpha value is -2.51. The second-order valence-corrected chi connectivity index (χ2v) is 7.49. The van der Waals surface area contributed by atoms with Crippen molar-refractivity contribution in [1.29, 1.82) is 0 Å². The Kier molecular flexibility index (Phi) is 7.97. The average molecular weight is 622 g/mol. The van der Waals surface area contributed by atoms with Crippen molar-refractivity contribution in [2.75, 3.05) is 0 Å². The normalized spacial score (nSPS) is 15.9. The van der Waals surface area contributed by atoms with Crippen LogP contribution in [0, 0.1) is 0 Å². The fourth-order valence-corrected chi connectivity index (χ4v) is 2.57. The van der Waals surface area contributed by atoms with E-state index in [2.05, 4.69) is 6.58 Å². The summed E-state index contributed by atoms with van der Waals surface area (Å²) in [5.74, 6) is -77.1. The fourth-order valence-electron chi connectivity index (χ4n) is 2.57. The van der Waals surface area contributed by atoms with Gasteiger partial charge in [-0.3, -0.25) is 0 Å². The van der Waals surface area contributed by atoms with Crippen LogP contribution in [0.2, 0.25) is 0 Å². The highest BCUT2D eigenvalue weighted by molar-refractivity contribution is 5.48. The van der Waals surface area contributed by atoms with Crippen LogP contribution in [-0.2, 0) is 5.92 Å². The van der Waals surface area contributed by atoms with Gasteiger partial charge in [0.05, 0.1) is 0 Å². The maximum atomic E-state index is 14.1. The summed E-state index contributed by atoms with van der Waals surface area (Å²) >= 11 is 0. The highest BCUT2D eigenvalue weighted by Crippen LogP contribution is 2.66. The molecule has 0 bridgehead atoms. The third-order valence-corrected chi connectivity index (χ3v) is 5.02. The number of alkyl halides is 21. The van der Waals surface area contributed by atoms with Crippen LogP contribution in [0.4, 0.5) is 92.2 Å². The maximum absolute atomic E-state index is 14.1. The molecule has 0 spiro atoms. The van der Waals surface area contributed by atoms with Gasteiger partial charge in [-0.25, -0.2) is 0 Å². The second kappa shape index (κ2) is 9.00. The maximum Gasteiger partial charge on any atom is 0.460 e. The van der Waals surface area contributed by atoms with Crippen molar-refractivity contribution >= 4 is 6.08 Å². The number of hydrogen-bond acceptors (Lipinski definition) is 0. The fraction of sp³-hybridized carbons (Fsp3) is 0.556. The van der Waals surface area contributed by atoms with Crippen LogP contribution in [0.5, 0.6) is 0 Å². The lowest BCUT2D eigenvalue weighted by molar-refractivity contribution is -0.474. The largest absolute Gasteiger partial charge is 0.460 e. The van der Waals surface area contributed by atoms with Gasteiger partial charge < -0.3 is 0 Å². The highest BCUT2D eigenvalue weighted by Gasteiger charge is 2.97. The van der Waals surface area contributed by atoms with E-state index >= 15 is 0 Å². The third kappa shape index (κ3) is 4.28. The summed E-state index contributed by atoms with van der Waals surface area (Å²) in [7, 11) is 0. The lowest BCUT2D eigenvalue weighted by atomic mass is 9.85. The minimum atomic E-state index is -9.18. The Bertz CT molecular complexity index is 1040. The molecule has 0 aliphatic carbocycles. The number of benzene rings is 1. The Balaban J connectivity index is 3.81. The van der Waals surface area contributed by atoms with Crippen molar-refractivity contribution in [3.63, 3.8) is 0 Å². The van der Waals surface area contributed by atoms with E-state index < -0.39 is 65.0 Å². The van der Waals surface area contributed by atoms with Gasteiger partial charge in [0.15, 0.2) is 0 Å². The van der Waals surface area contributed by atoms with E-state index in [1.807, 2.05) is 0 Å². The molecular formula is C18H7F21. The molecule has 0 heterocycles. The first-order valence-corrected chi connectivity index (χ1v) is 8.99. The van der Waals surface area contributed by atoms with Crippen LogP contribution in [0.15, 0.2) is 30.8 Å². The quantitative estimate of drug-likeness (QED) is 0.229. The molecule has 1 aromatic rings. The molecule has 0 aliphatic heterocycles. The molecule has 0 aliphatic rings. The third-order valence-electron chi connectivity index (χ3n) is 5.02. The zero-order chi connectivity index (χ0) is 31.7. The molecule has 0 amide bonds. The molecule has 0 fully saturated rings. The van der Waals surface area contributed by atoms with E-state index in [1.54, 1.807) is 0 Å². The highest BCUT2D eigenvalue weighted by atomic mass is 19.4. The summed E-state index contributed by atoms with van der Waals surface area (Å²) in [4.78, 5) is 0. The SMILES string of the molecule is C=Cc1ccc(C(F)(F)C(F)(F)C(F)(F)C(F)(F)C(F)(F)C(F)(F)C(F)(F)C(F)(F)C(F)(F)C(F)(F)F)cc1. The molecule has 21 heteroatoms. The molecule has 1 aromatic carbocycles. The molecular weight excluding hydrogens is 615 g/mol. The van der Waals surface area contributed by atoms with Gasteiger partial charge in [-0.1, -0.05) is 36.9 Å². The van der Waals surface area contributed by atoms with Crippen LogP contribution >= 0.6 is 0 Å². The van der Waals surface area contributed by atoms with Gasteiger partial charge in [-0.15, -0.1) is 0 Å². The van der Waals surface area contributed by atoms with E-state index in [4.69, 9.17) is 0 Å². The van der Waals surface area contributed by atoms with Gasteiger partial charge in [-0.2, -0.15) is 92.2 Å². The molecule has 0 N–H and O–H groups in total. The van der Waals surface area contributed by atoms with Crippen LogP contribution < -0.4 is 0 Å². The molecule has 0 aromatic heterocycles. The zero-order valence-corrected chi connectivity index (χ0v) is 17.5. The minimum Gasteiger partial charge on any atom is -0.194 e. The first-order chi connectivity index (χ1) is 16.8. The van der Waals surface area contributed by atoms with E-state index in [0.29, 0.717) is 12.1 Å². The van der Waals surface area contributed by atoms with Crippen LogP contribution in [0.3, 0.4) is 0 Å². The molecule has 0 radical (unpaired) electrons. The van der Waals surface area contributed by atoms with Crippen LogP contribution in [0.25, 0.3) is 6.08 Å². The van der Waals surface area contributed by atoms with Gasteiger partial charge in [0, 0.05) is 5.56 Å². The first kappa shape index (κ1) is 34.5. The van der Waals surface area contributed by atoms with Gasteiger partial charge >= 0.3 is 59.5 Å². The molecule has 1 rings (SSSR count). The summed E-state index contributed by atoms with van der Waals surface area (Å²) in [6.07, 6.45) is -7.21. The van der Waals surface area contributed by atoms with Crippen molar-refractivity contribution in [2.45, 2.75) is 59.5 Å². The number of rotatable bonds is 10. The van der Waals surface area contributed by atoms with E-state index in [-0.39, 0.29) is 17.7 Å². The van der Waals surface area contributed by atoms with Crippen molar-refractivity contribution < 1.29 is 92.2 Å². The smallest absolute Gasteiger partial charge is 0.194 e. The topological polar surface area (TPSA) is 0 Å². The lowest BCUT2D eigenvalue weighted by Crippen LogP contribution is -2.76. The Labute approximate surface area is 201 Å². The molecule has 0 saturated carbocycles. The molecule has 226 valence electrons. The van der Waals surface area contributed by atoms with E-state index in [9.17, 15) is 92.2 Å². The van der Waals surface area contributed by atoms with E-state index in [0.717, 1.165) is 6.08 Å². The molecule has 39 heavy (non-hydrogen) atoms. The lowest BCUT2D eigenvalue weighted by Gasteiger charge is -2.44. The monoisotopic (exact) mass is 622 g/mol. The summed E-state index contributed by atoms with van der Waals surface area (Å²) in [6.45, 7) is 3.03. The minimum absolute atomic E-state index is 0.236. The Morgan fingerprint density at radius 3 is 0.897 bits per heavy atom. The number of hydrogen-bond donors (Lipinski definition) is 0. The zero-order valence-electron chi connectivity index (χ0n) is 17.5. The van der Waals surface area contributed by atoms with Crippen molar-refractivity contribution in [3.05, 3.63) is 42.0 Å². The van der Waals surface area contributed by atoms with Gasteiger partial charge in [0.25, 0.3) is 0 Å². The van der Waals surface area contributed by atoms with Crippen LogP contribution in [0.1, 0.15) is 11.1 Å². The van der Waals surface area contributed by atoms with Gasteiger partial charge in [0.2, 0.25) is 0 Å². The van der Waals surface area contributed by atoms with Gasteiger partial charge in [0.1, 0.15) is 0 Å². The summed E-state index contributed by atoms with van der Waals surface area (Å²) in [5.41, 5.74) is -2.68. The van der Waals surface area contributed by atoms with Crippen molar-refractivity contribution in [2.24, 2.45) is 0 Å². The van der Waals surface area contributed by atoms with Crippen molar-refractivity contribution in [3.8, 4) is 0 Å². The predicted octanol–water partition coefficient (Wildman–Crippen LogP) is 9.07. The molecule has 0 unspecified atom stereocenters. The van der Waals surface area contributed by atoms with Gasteiger partial charge in [-0.05, 0) is 5.56 Å². The standard InChI is InChI=1S/C18H7F21/c1-2-7-3-5-8(6-4-7)9(19,20)10(21,22)11(23,24)12(25,26)13(27,28)14(29,30)15(31,32)16(33,34)17(35,36)18(37,38)39/h2-6H,1H2. The molecule has 0 saturated heterocycles. The summed E-state index contributed by atoms with van der Waals surface area (Å²) in [6, 6.07) is 0.239.